The van der Waals surface area contributed by atoms with Crippen molar-refractivity contribution in [3.8, 4) is 17.4 Å². The zero-order valence-corrected chi connectivity index (χ0v) is 24.0. The third-order valence-corrected chi connectivity index (χ3v) is 7.36. The summed E-state index contributed by atoms with van der Waals surface area (Å²) < 4.78 is 16.1. The third kappa shape index (κ3) is 6.37. The van der Waals surface area contributed by atoms with Crippen molar-refractivity contribution in [1.29, 1.82) is 0 Å². The van der Waals surface area contributed by atoms with Crippen molar-refractivity contribution in [2.24, 2.45) is 0 Å². The predicted molar refractivity (Wildman–Crippen MR) is 162 cm³/mol. The van der Waals surface area contributed by atoms with Crippen molar-refractivity contribution in [2.45, 2.75) is 13.0 Å². The van der Waals surface area contributed by atoms with E-state index in [0.717, 1.165) is 30.9 Å². The van der Waals surface area contributed by atoms with Gasteiger partial charge in [-0.1, -0.05) is 30.3 Å². The Labute approximate surface area is 245 Å². The normalized spacial score (nSPS) is 12.6. The molecule has 4 aromatic rings. The lowest BCUT2D eigenvalue weighted by Crippen LogP contribution is -2.41. The molecule has 216 valence electrons. The molecular weight excluding hydrogens is 532 g/mol. The first-order valence-corrected chi connectivity index (χ1v) is 13.7. The molecule has 0 fully saturated rings. The molecule has 1 aliphatic rings. The monoisotopic (exact) mass is 566 g/mol. The topological polar surface area (TPSA) is 93.2 Å². The van der Waals surface area contributed by atoms with Gasteiger partial charge in [0.25, 0.3) is 11.8 Å². The van der Waals surface area contributed by atoms with Crippen LogP contribution in [0.2, 0.25) is 0 Å². The average Bonchev–Trinajstić information content (AvgIpc) is 3.04. The second-order valence-electron chi connectivity index (χ2n) is 9.88. The number of carbonyl (C=O) groups is 2. The summed E-state index contributed by atoms with van der Waals surface area (Å²) in [4.78, 5) is 35.3. The molecule has 0 saturated carbocycles. The SMILES string of the molecule is COc1ccc(C(=O)Nc2ccccc2C(=O)N(CCN2CCc3cc(OC)c(OC)cc3C2)c2ccccc2)cn1. The molecule has 0 saturated heterocycles. The number of hydrogen-bond donors (Lipinski definition) is 1. The second kappa shape index (κ2) is 13.2. The first-order chi connectivity index (χ1) is 20.5. The van der Waals surface area contributed by atoms with E-state index in [4.69, 9.17) is 14.2 Å². The van der Waals surface area contributed by atoms with Gasteiger partial charge in [0.2, 0.25) is 5.88 Å². The van der Waals surface area contributed by atoms with Gasteiger partial charge in [0.1, 0.15) is 0 Å². The number of benzene rings is 3. The number of nitrogens with zero attached hydrogens (tertiary/aromatic N) is 3. The van der Waals surface area contributed by atoms with Crippen LogP contribution >= 0.6 is 0 Å². The second-order valence-corrected chi connectivity index (χ2v) is 9.88. The first kappa shape index (κ1) is 28.6. The number of anilines is 2. The zero-order valence-electron chi connectivity index (χ0n) is 24.0. The highest BCUT2D eigenvalue weighted by molar-refractivity contribution is 6.13. The molecule has 1 aliphatic heterocycles. The summed E-state index contributed by atoms with van der Waals surface area (Å²) >= 11 is 0. The number of methoxy groups -OCH3 is 3. The van der Waals surface area contributed by atoms with Crippen LogP contribution in [0.25, 0.3) is 0 Å². The predicted octanol–water partition coefficient (Wildman–Crippen LogP) is 5.06. The van der Waals surface area contributed by atoms with Gasteiger partial charge in [0, 0.05) is 44.1 Å². The smallest absolute Gasteiger partial charge is 0.260 e. The van der Waals surface area contributed by atoms with E-state index in [1.165, 1.54) is 24.4 Å². The summed E-state index contributed by atoms with van der Waals surface area (Å²) in [5.41, 5.74) is 4.41. The molecule has 0 unspecified atom stereocenters. The van der Waals surface area contributed by atoms with Crippen molar-refractivity contribution >= 4 is 23.2 Å². The maximum absolute atomic E-state index is 14.1. The van der Waals surface area contributed by atoms with Gasteiger partial charge in [-0.3, -0.25) is 14.5 Å². The van der Waals surface area contributed by atoms with E-state index in [9.17, 15) is 9.59 Å². The summed E-state index contributed by atoms with van der Waals surface area (Å²) in [6.07, 6.45) is 2.32. The Kier molecular flexibility index (Phi) is 8.99. The molecule has 2 heterocycles. The van der Waals surface area contributed by atoms with Gasteiger partial charge in [-0.05, 0) is 60.0 Å². The molecule has 2 amide bonds. The number of ether oxygens (including phenoxy) is 3. The molecule has 9 heteroatoms. The van der Waals surface area contributed by atoms with E-state index < -0.39 is 0 Å². The van der Waals surface area contributed by atoms with Gasteiger partial charge in [-0.2, -0.15) is 0 Å². The van der Waals surface area contributed by atoms with E-state index in [1.54, 1.807) is 55.5 Å². The Hall–Kier alpha value is -4.89. The van der Waals surface area contributed by atoms with Crippen molar-refractivity contribution in [1.82, 2.24) is 9.88 Å². The fourth-order valence-electron chi connectivity index (χ4n) is 5.08. The minimum atomic E-state index is -0.365. The Balaban J connectivity index is 1.35. The highest BCUT2D eigenvalue weighted by atomic mass is 16.5. The first-order valence-electron chi connectivity index (χ1n) is 13.7. The molecule has 0 radical (unpaired) electrons. The Morgan fingerprint density at radius 1 is 0.881 bits per heavy atom. The van der Waals surface area contributed by atoms with Crippen LogP contribution in [0, 0.1) is 0 Å². The van der Waals surface area contributed by atoms with E-state index >= 15 is 0 Å². The lowest BCUT2D eigenvalue weighted by Gasteiger charge is -2.32. The molecule has 1 N–H and O–H groups in total. The summed E-state index contributed by atoms with van der Waals surface area (Å²) in [5, 5.41) is 2.89. The van der Waals surface area contributed by atoms with Crippen LogP contribution in [0.5, 0.6) is 17.4 Å². The van der Waals surface area contributed by atoms with E-state index in [0.29, 0.717) is 41.5 Å². The van der Waals surface area contributed by atoms with Crippen LogP contribution in [-0.2, 0) is 13.0 Å². The summed E-state index contributed by atoms with van der Waals surface area (Å²) in [7, 11) is 4.80. The number of amides is 2. The maximum Gasteiger partial charge on any atom is 0.260 e. The van der Waals surface area contributed by atoms with Crippen LogP contribution < -0.4 is 24.4 Å². The number of aromatic nitrogens is 1. The molecule has 1 aromatic heterocycles. The molecule has 0 bridgehead atoms. The lowest BCUT2D eigenvalue weighted by molar-refractivity contribution is 0.0983. The number of hydrogen-bond acceptors (Lipinski definition) is 7. The maximum atomic E-state index is 14.1. The van der Waals surface area contributed by atoms with Gasteiger partial charge in [-0.25, -0.2) is 4.98 Å². The van der Waals surface area contributed by atoms with Gasteiger partial charge >= 0.3 is 0 Å². The molecular formula is C33H34N4O5. The highest BCUT2D eigenvalue weighted by Crippen LogP contribution is 2.33. The number of carbonyl (C=O) groups excluding carboxylic acids is 2. The average molecular weight is 567 g/mol. The molecule has 9 nitrogen and oxygen atoms in total. The van der Waals surface area contributed by atoms with Crippen LogP contribution in [0.1, 0.15) is 31.8 Å². The van der Waals surface area contributed by atoms with Crippen molar-refractivity contribution in [3.63, 3.8) is 0 Å². The Morgan fingerprint density at radius 3 is 2.29 bits per heavy atom. The Bertz CT molecular complexity index is 1540. The number of nitrogens with one attached hydrogen (secondary N) is 1. The number of pyridine rings is 1. The van der Waals surface area contributed by atoms with Crippen molar-refractivity contribution in [3.05, 3.63) is 107 Å². The highest BCUT2D eigenvalue weighted by Gasteiger charge is 2.24. The van der Waals surface area contributed by atoms with Crippen molar-refractivity contribution in [2.75, 3.05) is 51.2 Å². The number of rotatable bonds is 10. The fraction of sp³-hybridized carbons (Fsp3) is 0.242. The number of para-hydroxylation sites is 2. The molecule has 3 aromatic carbocycles. The lowest BCUT2D eigenvalue weighted by atomic mass is 9.99. The molecule has 42 heavy (non-hydrogen) atoms. The van der Waals surface area contributed by atoms with E-state index in [-0.39, 0.29) is 11.8 Å². The summed E-state index contributed by atoms with van der Waals surface area (Å²) in [6, 6.07) is 24.0. The van der Waals surface area contributed by atoms with Gasteiger partial charge in [0.15, 0.2) is 11.5 Å². The molecule has 5 rings (SSSR count). The van der Waals surface area contributed by atoms with E-state index in [2.05, 4.69) is 21.3 Å². The zero-order chi connectivity index (χ0) is 29.5. The minimum absolute atomic E-state index is 0.200. The minimum Gasteiger partial charge on any atom is -0.493 e. The summed E-state index contributed by atoms with van der Waals surface area (Å²) in [6.45, 7) is 2.74. The molecule has 0 atom stereocenters. The van der Waals surface area contributed by atoms with Gasteiger partial charge in [0.05, 0.1) is 38.1 Å². The van der Waals surface area contributed by atoms with Crippen LogP contribution in [0.3, 0.4) is 0 Å². The van der Waals surface area contributed by atoms with Crippen LogP contribution in [-0.4, -0.2) is 62.7 Å². The van der Waals surface area contributed by atoms with Gasteiger partial charge < -0.3 is 24.4 Å². The van der Waals surface area contributed by atoms with Crippen molar-refractivity contribution < 1.29 is 23.8 Å². The standard InChI is InChI=1S/C33H34N4O5/c1-40-29-19-23-15-16-36(22-25(23)20-30(29)41-2)17-18-37(26-9-5-4-6-10-26)33(39)27-11-7-8-12-28(27)35-32(38)24-13-14-31(42-3)34-21-24/h4-14,19-21H,15-18,22H2,1-3H3,(H,35,38). The molecule has 0 spiro atoms. The Morgan fingerprint density at radius 2 is 1.60 bits per heavy atom. The summed E-state index contributed by atoms with van der Waals surface area (Å²) in [5.74, 6) is 1.30. The molecule has 0 aliphatic carbocycles. The van der Waals surface area contributed by atoms with Gasteiger partial charge in [-0.15, -0.1) is 0 Å². The van der Waals surface area contributed by atoms with E-state index in [1.807, 2.05) is 36.4 Å². The number of fused-ring (bicyclic) bond motifs is 1. The quantitative estimate of drug-likeness (QED) is 0.287. The van der Waals surface area contributed by atoms with Crippen LogP contribution in [0.15, 0.2) is 85.1 Å². The van der Waals surface area contributed by atoms with Crippen LogP contribution in [0.4, 0.5) is 11.4 Å². The third-order valence-electron chi connectivity index (χ3n) is 7.36. The fourth-order valence-corrected chi connectivity index (χ4v) is 5.08. The largest absolute Gasteiger partial charge is 0.493 e.